The van der Waals surface area contributed by atoms with Crippen LogP contribution in [0.25, 0.3) is 10.9 Å². The zero-order valence-corrected chi connectivity index (χ0v) is 12.3. The van der Waals surface area contributed by atoms with Crippen molar-refractivity contribution in [3.63, 3.8) is 0 Å². The predicted octanol–water partition coefficient (Wildman–Crippen LogP) is 2.97. The van der Waals surface area contributed by atoms with Gasteiger partial charge >= 0.3 is 5.97 Å². The average Bonchev–Trinajstić information content (AvgIpc) is 2.44. The number of aryl methyl sites for hydroxylation is 3. The summed E-state index contributed by atoms with van der Waals surface area (Å²) in [6.45, 7) is 3.97. The summed E-state index contributed by atoms with van der Waals surface area (Å²) in [6, 6.07) is 6.03. The lowest BCUT2D eigenvalue weighted by molar-refractivity contribution is -0.140. The van der Waals surface area contributed by atoms with Crippen molar-refractivity contribution in [2.75, 3.05) is 14.2 Å². The van der Waals surface area contributed by atoms with Gasteiger partial charge in [0.05, 0.1) is 19.7 Å². The molecule has 0 atom stereocenters. The number of carbonyl (C=O) groups excluding carboxylic acids is 1. The molecule has 0 aliphatic heterocycles. The number of pyridine rings is 1. The Balaban J connectivity index is 2.45. The van der Waals surface area contributed by atoms with Crippen molar-refractivity contribution in [3.05, 3.63) is 35.0 Å². The van der Waals surface area contributed by atoms with Crippen LogP contribution in [-0.2, 0) is 16.0 Å². The molecular formula is C16H19NO3. The second-order valence-electron chi connectivity index (χ2n) is 4.85. The van der Waals surface area contributed by atoms with Crippen molar-refractivity contribution in [2.24, 2.45) is 0 Å². The molecule has 0 bridgehead atoms. The molecule has 1 aromatic heterocycles. The van der Waals surface area contributed by atoms with E-state index in [0.717, 1.165) is 33.5 Å². The van der Waals surface area contributed by atoms with Gasteiger partial charge in [-0.1, -0.05) is 6.07 Å². The first-order valence-electron chi connectivity index (χ1n) is 6.57. The zero-order chi connectivity index (χ0) is 14.7. The van der Waals surface area contributed by atoms with Gasteiger partial charge in [-0.3, -0.25) is 9.78 Å². The molecule has 0 radical (unpaired) electrons. The maximum Gasteiger partial charge on any atom is 0.305 e. The van der Waals surface area contributed by atoms with Crippen molar-refractivity contribution < 1.29 is 14.3 Å². The summed E-state index contributed by atoms with van der Waals surface area (Å²) in [7, 11) is 3.06. The lowest BCUT2D eigenvalue weighted by Crippen LogP contribution is -2.02. The highest BCUT2D eigenvalue weighted by atomic mass is 16.5. The van der Waals surface area contributed by atoms with E-state index < -0.39 is 0 Å². The molecule has 2 rings (SSSR count). The predicted molar refractivity (Wildman–Crippen MR) is 78.1 cm³/mol. The SMILES string of the molecule is COC(=O)CCc1cc(C)c2nc(C)cc(OC)c2c1. The minimum atomic E-state index is -0.197. The topological polar surface area (TPSA) is 48.4 Å². The molecular weight excluding hydrogens is 254 g/mol. The van der Waals surface area contributed by atoms with Gasteiger partial charge in [0.1, 0.15) is 5.75 Å². The fourth-order valence-electron chi connectivity index (χ4n) is 2.33. The van der Waals surface area contributed by atoms with Gasteiger partial charge in [0.2, 0.25) is 0 Å². The van der Waals surface area contributed by atoms with Crippen LogP contribution in [0.5, 0.6) is 5.75 Å². The van der Waals surface area contributed by atoms with Crippen molar-refractivity contribution in [1.82, 2.24) is 4.98 Å². The Morgan fingerprint density at radius 2 is 1.95 bits per heavy atom. The van der Waals surface area contributed by atoms with Crippen LogP contribution in [0, 0.1) is 13.8 Å². The molecule has 1 aromatic carbocycles. The fraction of sp³-hybridized carbons (Fsp3) is 0.375. The van der Waals surface area contributed by atoms with Gasteiger partial charge in [0.25, 0.3) is 0 Å². The van der Waals surface area contributed by atoms with E-state index in [1.54, 1.807) is 7.11 Å². The monoisotopic (exact) mass is 273 g/mol. The van der Waals surface area contributed by atoms with Gasteiger partial charge in [0.15, 0.2) is 0 Å². The van der Waals surface area contributed by atoms with Gasteiger partial charge in [0, 0.05) is 23.6 Å². The van der Waals surface area contributed by atoms with E-state index in [9.17, 15) is 4.79 Å². The fourth-order valence-corrected chi connectivity index (χ4v) is 2.33. The molecule has 0 saturated carbocycles. The molecule has 0 unspecified atom stereocenters. The highest BCUT2D eigenvalue weighted by Crippen LogP contribution is 2.29. The molecule has 0 amide bonds. The van der Waals surface area contributed by atoms with E-state index in [-0.39, 0.29) is 5.97 Å². The van der Waals surface area contributed by atoms with Crippen LogP contribution in [-0.4, -0.2) is 25.2 Å². The highest BCUT2D eigenvalue weighted by Gasteiger charge is 2.10. The number of hydrogen-bond acceptors (Lipinski definition) is 4. The van der Waals surface area contributed by atoms with Crippen molar-refractivity contribution in [2.45, 2.75) is 26.7 Å². The van der Waals surface area contributed by atoms with E-state index >= 15 is 0 Å². The number of ether oxygens (including phenoxy) is 2. The summed E-state index contributed by atoms with van der Waals surface area (Å²) in [4.78, 5) is 15.8. The Morgan fingerprint density at radius 3 is 2.60 bits per heavy atom. The minimum absolute atomic E-state index is 0.197. The Labute approximate surface area is 118 Å². The van der Waals surface area contributed by atoms with Crippen LogP contribution in [0.4, 0.5) is 0 Å². The van der Waals surface area contributed by atoms with Crippen molar-refractivity contribution >= 4 is 16.9 Å². The third-order valence-electron chi connectivity index (χ3n) is 3.32. The normalized spacial score (nSPS) is 10.6. The third kappa shape index (κ3) is 2.90. The maximum absolute atomic E-state index is 11.2. The number of carbonyl (C=O) groups is 1. The number of rotatable bonds is 4. The molecule has 4 heteroatoms. The molecule has 1 heterocycles. The number of aromatic nitrogens is 1. The third-order valence-corrected chi connectivity index (χ3v) is 3.32. The summed E-state index contributed by atoms with van der Waals surface area (Å²) in [5, 5.41) is 0.984. The first kappa shape index (κ1) is 14.3. The van der Waals surface area contributed by atoms with E-state index in [0.29, 0.717) is 12.8 Å². The quantitative estimate of drug-likeness (QED) is 0.804. The molecule has 2 aromatic rings. The molecule has 0 aliphatic rings. The number of hydrogen-bond donors (Lipinski definition) is 0. The molecule has 4 nitrogen and oxygen atoms in total. The second kappa shape index (κ2) is 5.90. The molecule has 0 fully saturated rings. The lowest BCUT2D eigenvalue weighted by Gasteiger charge is -2.11. The van der Waals surface area contributed by atoms with Crippen LogP contribution in [0.3, 0.4) is 0 Å². The maximum atomic E-state index is 11.2. The number of benzene rings is 1. The molecule has 0 spiro atoms. The van der Waals surface area contributed by atoms with Crippen LogP contribution < -0.4 is 4.74 Å². The highest BCUT2D eigenvalue weighted by molar-refractivity contribution is 5.88. The van der Waals surface area contributed by atoms with Gasteiger partial charge in [-0.25, -0.2) is 0 Å². The molecule has 0 saturated heterocycles. The zero-order valence-electron chi connectivity index (χ0n) is 12.3. The number of nitrogens with zero attached hydrogens (tertiary/aromatic N) is 1. The van der Waals surface area contributed by atoms with Crippen LogP contribution in [0.15, 0.2) is 18.2 Å². The summed E-state index contributed by atoms with van der Waals surface area (Å²) >= 11 is 0. The first-order chi connectivity index (χ1) is 9.55. The largest absolute Gasteiger partial charge is 0.496 e. The number of methoxy groups -OCH3 is 2. The van der Waals surface area contributed by atoms with Crippen LogP contribution in [0.2, 0.25) is 0 Å². The number of esters is 1. The molecule has 106 valence electrons. The van der Waals surface area contributed by atoms with E-state index in [4.69, 9.17) is 4.74 Å². The smallest absolute Gasteiger partial charge is 0.305 e. The second-order valence-corrected chi connectivity index (χ2v) is 4.85. The Bertz CT molecular complexity index is 650. The standard InChI is InChI=1S/C16H19NO3/c1-10-7-12(5-6-15(18)20-4)9-13-14(19-3)8-11(2)17-16(10)13/h7-9H,5-6H2,1-4H3. The van der Waals surface area contributed by atoms with Crippen LogP contribution in [0.1, 0.15) is 23.2 Å². The molecule has 0 aliphatic carbocycles. The van der Waals surface area contributed by atoms with Crippen LogP contribution >= 0.6 is 0 Å². The minimum Gasteiger partial charge on any atom is -0.496 e. The van der Waals surface area contributed by atoms with Gasteiger partial charge in [-0.05, 0) is 37.5 Å². The van der Waals surface area contributed by atoms with Crippen molar-refractivity contribution in [3.8, 4) is 5.75 Å². The summed E-state index contributed by atoms with van der Waals surface area (Å²) in [5.74, 6) is 0.618. The van der Waals surface area contributed by atoms with Crippen molar-refractivity contribution in [1.29, 1.82) is 0 Å². The molecule has 0 N–H and O–H groups in total. The van der Waals surface area contributed by atoms with E-state index in [2.05, 4.69) is 15.8 Å². The first-order valence-corrected chi connectivity index (χ1v) is 6.57. The van der Waals surface area contributed by atoms with E-state index in [1.165, 1.54) is 7.11 Å². The summed E-state index contributed by atoms with van der Waals surface area (Å²) < 4.78 is 10.1. The average molecular weight is 273 g/mol. The Kier molecular flexibility index (Phi) is 4.23. The lowest BCUT2D eigenvalue weighted by atomic mass is 10.0. The van der Waals surface area contributed by atoms with Gasteiger partial charge in [-0.15, -0.1) is 0 Å². The number of fused-ring (bicyclic) bond motifs is 1. The summed E-state index contributed by atoms with van der Waals surface area (Å²) in [6.07, 6.45) is 1.03. The summed E-state index contributed by atoms with van der Waals surface area (Å²) in [5.41, 5.74) is 4.05. The molecule has 20 heavy (non-hydrogen) atoms. The van der Waals surface area contributed by atoms with E-state index in [1.807, 2.05) is 26.0 Å². The van der Waals surface area contributed by atoms with Gasteiger partial charge in [-0.2, -0.15) is 0 Å². The van der Waals surface area contributed by atoms with Gasteiger partial charge < -0.3 is 9.47 Å². The Hall–Kier alpha value is -2.10. The Morgan fingerprint density at radius 1 is 1.20 bits per heavy atom.